The molecule has 0 bridgehead atoms. The summed E-state index contributed by atoms with van der Waals surface area (Å²) in [5.41, 5.74) is 0.377. The number of ether oxygens (including phenoxy) is 2. The number of nitro benzene ring substituents is 1. The van der Waals surface area contributed by atoms with E-state index in [1.54, 1.807) is 13.0 Å². The first-order valence-electron chi connectivity index (χ1n) is 6.12. The number of carbonyl (C=O) groups is 1. The van der Waals surface area contributed by atoms with E-state index in [0.717, 1.165) is 0 Å². The Labute approximate surface area is 116 Å². The van der Waals surface area contributed by atoms with Crippen molar-refractivity contribution in [3.05, 3.63) is 33.9 Å². The van der Waals surface area contributed by atoms with Gasteiger partial charge in [0.2, 0.25) is 0 Å². The monoisotopic (exact) mass is 283 g/mol. The second kappa shape index (κ2) is 7.44. The van der Waals surface area contributed by atoms with E-state index in [2.05, 4.69) is 0 Å². The SMILES string of the molecule is CCOC(=O)CC(O)Cc1ccc(OC)c([N+](=O)[O-])c1. The number of methoxy groups -OCH3 is 1. The first-order chi connectivity index (χ1) is 9.47. The van der Waals surface area contributed by atoms with Crippen molar-refractivity contribution in [2.45, 2.75) is 25.9 Å². The summed E-state index contributed by atoms with van der Waals surface area (Å²) in [6.07, 6.45) is -0.959. The molecule has 7 heteroatoms. The van der Waals surface area contributed by atoms with Crippen molar-refractivity contribution >= 4 is 11.7 Å². The van der Waals surface area contributed by atoms with Gasteiger partial charge in [0.1, 0.15) is 0 Å². The number of aliphatic hydroxyl groups excluding tert-OH is 1. The molecular formula is C13H17NO6. The smallest absolute Gasteiger partial charge is 0.311 e. The van der Waals surface area contributed by atoms with Crippen LogP contribution in [0.1, 0.15) is 18.9 Å². The molecule has 7 nitrogen and oxygen atoms in total. The van der Waals surface area contributed by atoms with Crippen LogP contribution >= 0.6 is 0 Å². The van der Waals surface area contributed by atoms with Crippen molar-refractivity contribution in [1.82, 2.24) is 0 Å². The number of hydrogen-bond acceptors (Lipinski definition) is 6. The normalized spacial score (nSPS) is 11.8. The van der Waals surface area contributed by atoms with Gasteiger partial charge in [-0.05, 0) is 25.0 Å². The lowest BCUT2D eigenvalue weighted by Crippen LogP contribution is -2.18. The number of benzene rings is 1. The number of nitrogens with zero attached hydrogens (tertiary/aromatic N) is 1. The molecule has 0 radical (unpaired) electrons. The largest absolute Gasteiger partial charge is 0.490 e. The maximum absolute atomic E-state index is 11.2. The van der Waals surface area contributed by atoms with Crippen LogP contribution in [-0.2, 0) is 16.0 Å². The molecule has 0 aliphatic carbocycles. The number of carbonyl (C=O) groups excluding carboxylic acids is 1. The molecule has 0 aliphatic rings. The fourth-order valence-corrected chi connectivity index (χ4v) is 1.76. The van der Waals surface area contributed by atoms with Gasteiger partial charge in [0.05, 0.1) is 31.2 Å². The Bertz CT molecular complexity index is 488. The van der Waals surface area contributed by atoms with E-state index in [1.165, 1.54) is 19.2 Å². The van der Waals surface area contributed by atoms with Gasteiger partial charge in [-0.1, -0.05) is 6.07 Å². The van der Waals surface area contributed by atoms with Gasteiger partial charge >= 0.3 is 11.7 Å². The van der Waals surface area contributed by atoms with Gasteiger partial charge in [0.15, 0.2) is 5.75 Å². The van der Waals surface area contributed by atoms with Crippen molar-refractivity contribution in [3.8, 4) is 5.75 Å². The predicted molar refractivity (Wildman–Crippen MR) is 70.6 cm³/mol. The van der Waals surface area contributed by atoms with Gasteiger partial charge in [-0.2, -0.15) is 0 Å². The van der Waals surface area contributed by atoms with Gasteiger partial charge < -0.3 is 14.6 Å². The lowest BCUT2D eigenvalue weighted by atomic mass is 10.0. The number of nitro groups is 1. The van der Waals surface area contributed by atoms with Crippen molar-refractivity contribution in [2.24, 2.45) is 0 Å². The zero-order chi connectivity index (χ0) is 15.1. The molecule has 1 aromatic carbocycles. The second-order valence-corrected chi connectivity index (χ2v) is 4.13. The maximum atomic E-state index is 11.2. The first-order valence-corrected chi connectivity index (χ1v) is 6.12. The van der Waals surface area contributed by atoms with Crippen LogP contribution < -0.4 is 4.74 Å². The number of aliphatic hydroxyl groups is 1. The minimum absolute atomic E-state index is 0.129. The summed E-state index contributed by atoms with van der Waals surface area (Å²) in [7, 11) is 1.34. The van der Waals surface area contributed by atoms with Gasteiger partial charge in [-0.3, -0.25) is 14.9 Å². The average Bonchev–Trinajstić information content (AvgIpc) is 2.38. The summed E-state index contributed by atoms with van der Waals surface area (Å²) in [4.78, 5) is 21.5. The standard InChI is InChI=1S/C13H17NO6/c1-3-20-13(16)8-10(15)6-9-4-5-12(19-2)11(7-9)14(17)18/h4-5,7,10,15H,3,6,8H2,1-2H3. The van der Waals surface area contributed by atoms with Crippen LogP contribution in [0.15, 0.2) is 18.2 Å². The Hall–Kier alpha value is -2.15. The topological polar surface area (TPSA) is 98.9 Å². The molecule has 20 heavy (non-hydrogen) atoms. The summed E-state index contributed by atoms with van der Waals surface area (Å²) in [6, 6.07) is 4.40. The average molecular weight is 283 g/mol. The highest BCUT2D eigenvalue weighted by Gasteiger charge is 2.18. The van der Waals surface area contributed by atoms with Crippen LogP contribution in [0.5, 0.6) is 5.75 Å². The van der Waals surface area contributed by atoms with E-state index < -0.39 is 17.0 Å². The van der Waals surface area contributed by atoms with Crippen LogP contribution in [0.4, 0.5) is 5.69 Å². The van der Waals surface area contributed by atoms with Gasteiger partial charge in [0.25, 0.3) is 0 Å². The molecule has 110 valence electrons. The number of esters is 1. The molecule has 0 aliphatic heterocycles. The third-order valence-corrected chi connectivity index (χ3v) is 2.62. The van der Waals surface area contributed by atoms with Crippen LogP contribution in [0, 0.1) is 10.1 Å². The molecule has 0 fully saturated rings. The maximum Gasteiger partial charge on any atom is 0.311 e. The molecule has 1 rings (SSSR count). The summed E-state index contributed by atoms with van der Waals surface area (Å²) in [6.45, 7) is 1.93. The van der Waals surface area contributed by atoms with E-state index in [1.807, 2.05) is 0 Å². The Kier molecular flexibility index (Phi) is 5.92. The highest BCUT2D eigenvalue weighted by molar-refractivity contribution is 5.70. The van der Waals surface area contributed by atoms with Crippen molar-refractivity contribution in [2.75, 3.05) is 13.7 Å². The van der Waals surface area contributed by atoms with Crippen molar-refractivity contribution < 1.29 is 24.3 Å². The van der Waals surface area contributed by atoms with Gasteiger partial charge in [-0.25, -0.2) is 0 Å². The summed E-state index contributed by atoms with van der Waals surface area (Å²) in [5, 5.41) is 20.6. The molecular weight excluding hydrogens is 266 g/mol. The van der Waals surface area contributed by atoms with Crippen molar-refractivity contribution in [1.29, 1.82) is 0 Å². The van der Waals surface area contributed by atoms with Gasteiger partial charge in [0, 0.05) is 6.07 Å². The Morgan fingerprint density at radius 2 is 2.20 bits per heavy atom. The quantitative estimate of drug-likeness (QED) is 0.462. The molecule has 0 saturated carbocycles. The minimum Gasteiger partial charge on any atom is -0.490 e. The fourth-order valence-electron chi connectivity index (χ4n) is 1.76. The third-order valence-electron chi connectivity index (χ3n) is 2.62. The molecule has 1 N–H and O–H groups in total. The molecule has 0 heterocycles. The lowest BCUT2D eigenvalue weighted by molar-refractivity contribution is -0.385. The molecule has 0 saturated heterocycles. The van der Waals surface area contributed by atoms with E-state index in [9.17, 15) is 20.0 Å². The summed E-state index contributed by atoms with van der Waals surface area (Å²) < 4.78 is 9.61. The van der Waals surface area contributed by atoms with E-state index in [4.69, 9.17) is 9.47 Å². The highest BCUT2D eigenvalue weighted by atomic mass is 16.6. The summed E-state index contributed by atoms with van der Waals surface area (Å²) >= 11 is 0. The molecule has 1 unspecified atom stereocenters. The first kappa shape index (κ1) is 15.9. The Morgan fingerprint density at radius 1 is 1.50 bits per heavy atom. The molecule has 1 aromatic rings. The zero-order valence-electron chi connectivity index (χ0n) is 11.4. The van der Waals surface area contributed by atoms with E-state index >= 15 is 0 Å². The second-order valence-electron chi connectivity index (χ2n) is 4.13. The fraction of sp³-hybridized carbons (Fsp3) is 0.462. The summed E-state index contributed by atoms with van der Waals surface area (Å²) in [5.74, 6) is -0.346. The molecule has 0 aromatic heterocycles. The predicted octanol–water partition coefficient (Wildman–Crippen LogP) is 1.46. The van der Waals surface area contributed by atoms with Crippen LogP contribution in [0.25, 0.3) is 0 Å². The molecule has 1 atom stereocenters. The highest BCUT2D eigenvalue weighted by Crippen LogP contribution is 2.28. The van der Waals surface area contributed by atoms with E-state index in [0.29, 0.717) is 5.56 Å². The lowest BCUT2D eigenvalue weighted by Gasteiger charge is -2.10. The molecule has 0 spiro atoms. The van der Waals surface area contributed by atoms with Gasteiger partial charge in [-0.15, -0.1) is 0 Å². The van der Waals surface area contributed by atoms with E-state index in [-0.39, 0.29) is 30.9 Å². The van der Waals surface area contributed by atoms with Crippen LogP contribution in [0.2, 0.25) is 0 Å². The Morgan fingerprint density at radius 3 is 2.75 bits per heavy atom. The zero-order valence-corrected chi connectivity index (χ0v) is 11.4. The Balaban J connectivity index is 2.75. The number of hydrogen-bond donors (Lipinski definition) is 1. The third kappa shape index (κ3) is 4.51. The van der Waals surface area contributed by atoms with Crippen LogP contribution in [0.3, 0.4) is 0 Å². The minimum atomic E-state index is -0.943. The van der Waals surface area contributed by atoms with Crippen LogP contribution in [-0.4, -0.2) is 35.8 Å². The number of rotatable bonds is 7. The molecule has 0 amide bonds. The van der Waals surface area contributed by atoms with Crippen molar-refractivity contribution in [3.63, 3.8) is 0 Å².